The van der Waals surface area contributed by atoms with E-state index in [1.54, 1.807) is 0 Å². The van der Waals surface area contributed by atoms with Gasteiger partial charge in [0.25, 0.3) is 0 Å². The van der Waals surface area contributed by atoms with Crippen molar-refractivity contribution in [3.63, 3.8) is 0 Å². The molecule has 0 aliphatic heterocycles. The van der Waals surface area contributed by atoms with Gasteiger partial charge in [0, 0.05) is 33.3 Å². The zero-order chi connectivity index (χ0) is 38.4. The molecule has 2 heteroatoms. The Balaban J connectivity index is 1.23. The normalized spacial score (nSPS) is 11.4. The Kier molecular flexibility index (Phi) is 8.19. The molecule has 0 fully saturated rings. The summed E-state index contributed by atoms with van der Waals surface area (Å²) in [5, 5.41) is 7.32. The van der Waals surface area contributed by atoms with E-state index in [2.05, 4.69) is 240 Å². The molecule has 272 valence electrons. The smallest absolute Gasteiger partial charge is 0.0619 e. The number of aromatic nitrogens is 1. The number of fused-ring (bicyclic) bond motifs is 5. The minimum atomic E-state index is 1.10. The summed E-state index contributed by atoms with van der Waals surface area (Å²) in [6, 6.07) is 83.7. The van der Waals surface area contributed by atoms with Gasteiger partial charge in [-0.25, -0.2) is 0 Å². The summed E-state index contributed by atoms with van der Waals surface area (Å²) < 4.78 is 2.53. The molecule has 58 heavy (non-hydrogen) atoms. The largest absolute Gasteiger partial charge is 0.310 e. The third-order valence-electron chi connectivity index (χ3n) is 11.6. The summed E-state index contributed by atoms with van der Waals surface area (Å²) in [4.78, 5) is 2.41. The fraction of sp³-hybridized carbons (Fsp3) is 0. The second-order valence-electron chi connectivity index (χ2n) is 14.9. The number of hydrogen-bond acceptors (Lipinski definition) is 1. The summed E-state index contributed by atoms with van der Waals surface area (Å²) in [5.74, 6) is 0. The van der Waals surface area contributed by atoms with Gasteiger partial charge in [-0.1, -0.05) is 188 Å². The Labute approximate surface area is 338 Å². The van der Waals surface area contributed by atoms with E-state index >= 15 is 0 Å². The molecule has 0 saturated carbocycles. The van der Waals surface area contributed by atoms with Crippen molar-refractivity contribution < 1.29 is 0 Å². The average Bonchev–Trinajstić information content (AvgIpc) is 3.64. The second kappa shape index (κ2) is 14.1. The number of para-hydroxylation sites is 3. The monoisotopic (exact) mass is 738 g/mol. The van der Waals surface area contributed by atoms with E-state index in [4.69, 9.17) is 0 Å². The summed E-state index contributed by atoms with van der Waals surface area (Å²) >= 11 is 0. The maximum atomic E-state index is 2.53. The van der Waals surface area contributed by atoms with Crippen molar-refractivity contribution in [3.05, 3.63) is 231 Å². The number of anilines is 3. The Bertz CT molecular complexity index is 3160. The summed E-state index contributed by atoms with van der Waals surface area (Å²) in [6.45, 7) is 0. The van der Waals surface area contributed by atoms with Crippen LogP contribution in [0.25, 0.3) is 82.4 Å². The van der Waals surface area contributed by atoms with Crippen LogP contribution in [0.15, 0.2) is 231 Å². The molecule has 0 atom stereocenters. The SMILES string of the molecule is c1ccc(-c2ccc(N(c3ccccc3)c3cccc4c3c3ccccc3n4-c3c(-c4cccc5ccccc45)cccc3-c3cccc4ccccc34)cc2)cc1. The number of hydrogen-bond donors (Lipinski definition) is 0. The van der Waals surface area contributed by atoms with Crippen LogP contribution in [0.3, 0.4) is 0 Å². The van der Waals surface area contributed by atoms with Gasteiger partial charge in [0.05, 0.1) is 22.4 Å². The molecule has 11 rings (SSSR count). The van der Waals surface area contributed by atoms with Gasteiger partial charge in [-0.2, -0.15) is 0 Å². The molecule has 0 amide bonds. The Morgan fingerprint density at radius 3 is 1.40 bits per heavy atom. The van der Waals surface area contributed by atoms with Crippen molar-refractivity contribution >= 4 is 60.4 Å². The van der Waals surface area contributed by atoms with Crippen molar-refractivity contribution in [3.8, 4) is 39.1 Å². The quantitative estimate of drug-likeness (QED) is 0.158. The molecule has 0 spiro atoms. The second-order valence-corrected chi connectivity index (χ2v) is 14.9. The van der Waals surface area contributed by atoms with Gasteiger partial charge >= 0.3 is 0 Å². The lowest BCUT2D eigenvalue weighted by molar-refractivity contribution is 1.18. The summed E-state index contributed by atoms with van der Waals surface area (Å²) in [5.41, 5.74) is 14.0. The van der Waals surface area contributed by atoms with Crippen LogP contribution >= 0.6 is 0 Å². The summed E-state index contributed by atoms with van der Waals surface area (Å²) in [7, 11) is 0. The Hall–Kier alpha value is -7.68. The highest BCUT2D eigenvalue weighted by Crippen LogP contribution is 2.48. The van der Waals surface area contributed by atoms with Gasteiger partial charge in [0.2, 0.25) is 0 Å². The lowest BCUT2D eigenvalue weighted by Crippen LogP contribution is -2.10. The third-order valence-corrected chi connectivity index (χ3v) is 11.6. The minimum Gasteiger partial charge on any atom is -0.310 e. The van der Waals surface area contributed by atoms with Crippen molar-refractivity contribution in [2.24, 2.45) is 0 Å². The van der Waals surface area contributed by atoms with Crippen LogP contribution in [0.1, 0.15) is 0 Å². The van der Waals surface area contributed by atoms with Gasteiger partial charge in [0.15, 0.2) is 0 Å². The lowest BCUT2D eigenvalue weighted by Gasteiger charge is -2.27. The molecule has 0 bridgehead atoms. The molecular weight excluding hydrogens is 701 g/mol. The maximum absolute atomic E-state index is 2.53. The van der Waals surface area contributed by atoms with Crippen molar-refractivity contribution in [2.75, 3.05) is 4.90 Å². The molecule has 0 aliphatic rings. The zero-order valence-electron chi connectivity index (χ0n) is 31.8. The van der Waals surface area contributed by atoms with Gasteiger partial charge in [0.1, 0.15) is 0 Å². The highest BCUT2D eigenvalue weighted by atomic mass is 15.1. The topological polar surface area (TPSA) is 8.17 Å². The van der Waals surface area contributed by atoms with Crippen molar-refractivity contribution in [1.82, 2.24) is 4.57 Å². The predicted molar refractivity (Wildman–Crippen MR) is 247 cm³/mol. The van der Waals surface area contributed by atoms with Crippen LogP contribution < -0.4 is 4.90 Å². The van der Waals surface area contributed by atoms with E-state index in [0.29, 0.717) is 0 Å². The van der Waals surface area contributed by atoms with Crippen LogP contribution in [0.5, 0.6) is 0 Å². The lowest BCUT2D eigenvalue weighted by atomic mass is 9.90. The van der Waals surface area contributed by atoms with E-state index in [9.17, 15) is 0 Å². The highest BCUT2D eigenvalue weighted by Gasteiger charge is 2.25. The number of nitrogens with zero attached hydrogens (tertiary/aromatic N) is 2. The first kappa shape index (κ1) is 33.6. The van der Waals surface area contributed by atoms with E-state index in [1.807, 2.05) is 0 Å². The van der Waals surface area contributed by atoms with Crippen LogP contribution in [-0.4, -0.2) is 4.57 Å². The van der Waals surface area contributed by atoms with Crippen molar-refractivity contribution in [1.29, 1.82) is 0 Å². The standard InChI is InChI=1S/C56H38N2/c1-3-17-39(18-4-1)40-35-37-44(38-36-40)57(43-23-5-2-6-24-43)53-33-16-34-54-55(53)51-27-11-12-32-52(51)58(54)56-49(47-28-13-21-41-19-7-9-25-45(41)47)30-15-31-50(56)48-29-14-22-42-20-8-10-26-46(42)48/h1-38H. The van der Waals surface area contributed by atoms with E-state index < -0.39 is 0 Å². The van der Waals surface area contributed by atoms with E-state index in [-0.39, 0.29) is 0 Å². The highest BCUT2D eigenvalue weighted by molar-refractivity contribution is 6.18. The van der Waals surface area contributed by atoms with E-state index in [0.717, 1.165) is 33.8 Å². The van der Waals surface area contributed by atoms with Crippen molar-refractivity contribution in [2.45, 2.75) is 0 Å². The maximum Gasteiger partial charge on any atom is 0.0619 e. The third kappa shape index (κ3) is 5.57. The Morgan fingerprint density at radius 1 is 0.293 bits per heavy atom. The fourth-order valence-corrected chi connectivity index (χ4v) is 9.01. The fourth-order valence-electron chi connectivity index (χ4n) is 9.01. The van der Waals surface area contributed by atoms with Crippen LogP contribution in [0.4, 0.5) is 17.1 Å². The zero-order valence-corrected chi connectivity index (χ0v) is 31.8. The molecule has 10 aromatic carbocycles. The molecule has 0 N–H and O–H groups in total. The minimum absolute atomic E-state index is 1.10. The molecular formula is C56H38N2. The summed E-state index contributed by atoms with van der Waals surface area (Å²) in [6.07, 6.45) is 0. The molecule has 0 aliphatic carbocycles. The molecule has 0 radical (unpaired) electrons. The molecule has 1 heterocycles. The average molecular weight is 739 g/mol. The molecule has 11 aromatic rings. The predicted octanol–water partition coefficient (Wildman–Crippen LogP) is 15.6. The van der Waals surface area contributed by atoms with Gasteiger partial charge in [-0.3, -0.25) is 0 Å². The van der Waals surface area contributed by atoms with E-state index in [1.165, 1.54) is 65.7 Å². The van der Waals surface area contributed by atoms with Crippen LogP contribution in [0, 0.1) is 0 Å². The molecule has 2 nitrogen and oxygen atoms in total. The Morgan fingerprint density at radius 2 is 0.741 bits per heavy atom. The first-order chi connectivity index (χ1) is 28.8. The van der Waals surface area contributed by atoms with Gasteiger partial charge in [-0.15, -0.1) is 0 Å². The molecule has 0 unspecified atom stereocenters. The molecule has 0 saturated heterocycles. The molecule has 1 aromatic heterocycles. The van der Waals surface area contributed by atoms with Crippen LogP contribution in [0.2, 0.25) is 0 Å². The van der Waals surface area contributed by atoms with Crippen LogP contribution in [-0.2, 0) is 0 Å². The first-order valence-corrected chi connectivity index (χ1v) is 19.9. The van der Waals surface area contributed by atoms with Gasteiger partial charge < -0.3 is 9.47 Å². The van der Waals surface area contributed by atoms with Gasteiger partial charge in [-0.05, 0) is 86.3 Å². The number of rotatable bonds is 7. The number of benzene rings is 10. The first-order valence-electron chi connectivity index (χ1n) is 19.9.